The summed E-state index contributed by atoms with van der Waals surface area (Å²) in [6.07, 6.45) is 4.14. The first-order valence-corrected chi connectivity index (χ1v) is 13.7. The number of hydrogen-bond donors (Lipinski definition) is 2. The maximum absolute atomic E-state index is 15.0. The number of rotatable bonds is 9. The lowest BCUT2D eigenvalue weighted by Gasteiger charge is -2.42. The molecule has 2 aromatic heterocycles. The van der Waals surface area contributed by atoms with E-state index in [0.717, 1.165) is 18.0 Å². The Morgan fingerprint density at radius 2 is 1.88 bits per heavy atom. The number of ether oxygens (including phenoxy) is 3. The molecule has 2 aliphatic heterocycles. The minimum atomic E-state index is -3.18. The third kappa shape index (κ3) is 7.67. The van der Waals surface area contributed by atoms with Crippen LogP contribution in [0.4, 0.5) is 30.1 Å². The molecule has 2 aliphatic rings. The Bertz CT molecular complexity index is 1210. The third-order valence-electron chi connectivity index (χ3n) is 7.37. The molecule has 0 bridgehead atoms. The van der Waals surface area contributed by atoms with Crippen molar-refractivity contribution < 1.29 is 32.6 Å². The van der Waals surface area contributed by atoms with Crippen molar-refractivity contribution in [3.8, 4) is 11.8 Å². The molecule has 0 radical (unpaired) electrons. The normalized spacial score (nSPS) is 20.0. The number of methoxy groups -OCH3 is 1. The zero-order valence-corrected chi connectivity index (χ0v) is 24.2. The minimum absolute atomic E-state index is 0.0351. The highest BCUT2D eigenvalue weighted by Gasteiger charge is 2.48. The summed E-state index contributed by atoms with van der Waals surface area (Å²) in [5.74, 6) is -2.75. The molecule has 14 nitrogen and oxygen atoms in total. The Hall–Kier alpha value is -3.92. The molecule has 0 aromatic carbocycles. The Morgan fingerprint density at radius 3 is 2.55 bits per heavy atom. The summed E-state index contributed by atoms with van der Waals surface area (Å²) in [6.45, 7) is 3.79. The largest absolute Gasteiger partial charge is 0.477 e. The number of amides is 3. The number of carbonyl (C=O) groups is 2. The topological polar surface area (TPSA) is 147 Å². The van der Waals surface area contributed by atoms with Crippen LogP contribution in [0.3, 0.4) is 0 Å². The molecular formula is C26H37F2N9O5. The fourth-order valence-electron chi connectivity index (χ4n) is 4.92. The first-order chi connectivity index (χ1) is 20.0. The molecule has 0 aliphatic carbocycles. The van der Waals surface area contributed by atoms with Gasteiger partial charge in [-0.1, -0.05) is 0 Å². The van der Waals surface area contributed by atoms with Crippen molar-refractivity contribution in [1.82, 2.24) is 35.1 Å². The molecule has 2 N–H and O–H groups in total. The average molecular weight is 594 g/mol. The van der Waals surface area contributed by atoms with E-state index < -0.39 is 36.0 Å². The van der Waals surface area contributed by atoms with Gasteiger partial charge in [0.15, 0.2) is 5.82 Å². The van der Waals surface area contributed by atoms with E-state index >= 15 is 8.78 Å². The van der Waals surface area contributed by atoms with Gasteiger partial charge in [-0.3, -0.25) is 5.32 Å². The molecule has 230 valence electrons. The number of hydrogen-bond acceptors (Lipinski definition) is 11. The summed E-state index contributed by atoms with van der Waals surface area (Å²) in [5.41, 5.74) is -0.568. The second kappa shape index (κ2) is 13.4. The van der Waals surface area contributed by atoms with Gasteiger partial charge < -0.3 is 34.2 Å². The molecule has 42 heavy (non-hydrogen) atoms. The molecule has 2 fully saturated rings. The first-order valence-electron chi connectivity index (χ1n) is 13.7. The van der Waals surface area contributed by atoms with E-state index in [1.165, 1.54) is 36.6 Å². The van der Waals surface area contributed by atoms with Gasteiger partial charge in [0.2, 0.25) is 17.7 Å². The van der Waals surface area contributed by atoms with Crippen LogP contribution in [0.5, 0.6) is 11.8 Å². The highest BCUT2D eigenvalue weighted by molar-refractivity contribution is 5.88. The molecule has 4 rings (SSSR count). The predicted molar refractivity (Wildman–Crippen MR) is 148 cm³/mol. The van der Waals surface area contributed by atoms with Crippen LogP contribution in [0.1, 0.15) is 26.2 Å². The van der Waals surface area contributed by atoms with Crippen LogP contribution >= 0.6 is 0 Å². The quantitative estimate of drug-likeness (QED) is 0.441. The molecule has 1 atom stereocenters. The minimum Gasteiger partial charge on any atom is -0.477 e. The Kier molecular flexibility index (Phi) is 9.88. The van der Waals surface area contributed by atoms with Crippen LogP contribution in [-0.4, -0.2) is 120 Å². The number of alkyl halides is 2. The number of carbonyl (C=O) groups excluding carboxylic acids is 2. The van der Waals surface area contributed by atoms with E-state index in [2.05, 4.69) is 35.5 Å². The van der Waals surface area contributed by atoms with Gasteiger partial charge in [-0.2, -0.15) is 4.98 Å². The lowest BCUT2D eigenvalue weighted by Crippen LogP contribution is -2.60. The van der Waals surface area contributed by atoms with E-state index in [1.54, 1.807) is 14.0 Å². The Balaban J connectivity index is 1.40. The monoisotopic (exact) mass is 593 g/mol. The van der Waals surface area contributed by atoms with Crippen LogP contribution in [-0.2, 0) is 4.74 Å². The van der Waals surface area contributed by atoms with Crippen LogP contribution in [0, 0.1) is 0 Å². The molecule has 3 amide bonds. The van der Waals surface area contributed by atoms with Crippen molar-refractivity contribution in [1.29, 1.82) is 0 Å². The second-order valence-electron chi connectivity index (χ2n) is 10.4. The Labute approximate surface area is 242 Å². The van der Waals surface area contributed by atoms with Crippen molar-refractivity contribution >= 4 is 23.9 Å². The van der Waals surface area contributed by atoms with Crippen LogP contribution in [0.25, 0.3) is 0 Å². The summed E-state index contributed by atoms with van der Waals surface area (Å²) in [5, 5.41) is 5.40. The number of aromatic nitrogens is 4. The van der Waals surface area contributed by atoms with Gasteiger partial charge in [0.25, 0.3) is 5.92 Å². The number of piperidine rings is 2. The SMILES string of the molecule is CCOc1cnc(NC(=O)N(C)[C@H]2CN(c3nccc(OC(=O)NC4(COC)CCN(C)CC4)n3)CCC2(F)F)cn1. The van der Waals surface area contributed by atoms with E-state index in [0.29, 0.717) is 26.1 Å². The fraction of sp³-hybridized carbons (Fsp3) is 0.615. The molecular weight excluding hydrogens is 556 g/mol. The smallest absolute Gasteiger partial charge is 0.414 e. The number of anilines is 2. The van der Waals surface area contributed by atoms with Gasteiger partial charge in [0.1, 0.15) is 6.04 Å². The standard InChI is InChI=1S/C26H37F2N9O5/c1-5-41-21-15-30-19(14-31-21)32-23(38)36(3)18-16-37(13-9-26(18,27)28)22-29-10-6-20(33-22)42-24(39)34-25(17-40-4)7-11-35(2)12-8-25/h6,10,14-15,18H,5,7-9,11-13,16-17H2,1-4H3,(H,34,39)(H,30,32,38)/t18-/m0/s1. The lowest BCUT2D eigenvalue weighted by molar-refractivity contribution is -0.0760. The number of nitrogens with zero attached hydrogens (tertiary/aromatic N) is 7. The van der Waals surface area contributed by atoms with Crippen molar-refractivity contribution in [3.05, 3.63) is 24.7 Å². The zero-order valence-electron chi connectivity index (χ0n) is 24.2. The number of nitrogens with one attached hydrogen (secondary N) is 2. The van der Waals surface area contributed by atoms with Gasteiger partial charge in [-0.15, -0.1) is 0 Å². The predicted octanol–water partition coefficient (Wildman–Crippen LogP) is 2.24. The number of urea groups is 1. The summed E-state index contributed by atoms with van der Waals surface area (Å²) >= 11 is 0. The Morgan fingerprint density at radius 1 is 1.12 bits per heavy atom. The molecule has 4 heterocycles. The fourth-order valence-corrected chi connectivity index (χ4v) is 4.92. The first kappa shape index (κ1) is 31.0. The maximum Gasteiger partial charge on any atom is 0.414 e. The lowest BCUT2D eigenvalue weighted by atomic mass is 9.88. The van der Waals surface area contributed by atoms with Crippen molar-refractivity contribution in [2.75, 3.05) is 70.8 Å². The molecule has 0 saturated carbocycles. The number of likely N-dealkylation sites (N-methyl/N-ethyl adjacent to an activating group) is 1. The highest BCUT2D eigenvalue weighted by Crippen LogP contribution is 2.33. The van der Waals surface area contributed by atoms with Crippen molar-refractivity contribution in [2.45, 2.75) is 43.7 Å². The molecule has 2 saturated heterocycles. The summed E-state index contributed by atoms with van der Waals surface area (Å²) in [6, 6.07) is -0.876. The van der Waals surface area contributed by atoms with Crippen molar-refractivity contribution in [2.24, 2.45) is 0 Å². The zero-order chi connectivity index (χ0) is 30.3. The molecule has 0 unspecified atom stereocenters. The van der Waals surface area contributed by atoms with E-state index in [4.69, 9.17) is 14.2 Å². The van der Waals surface area contributed by atoms with E-state index in [9.17, 15) is 9.59 Å². The number of halogens is 2. The van der Waals surface area contributed by atoms with Gasteiger partial charge in [0, 0.05) is 59.0 Å². The highest BCUT2D eigenvalue weighted by atomic mass is 19.3. The van der Waals surface area contributed by atoms with Gasteiger partial charge in [-0.05, 0) is 26.8 Å². The van der Waals surface area contributed by atoms with Crippen LogP contribution in [0.2, 0.25) is 0 Å². The van der Waals surface area contributed by atoms with Gasteiger partial charge in [0.05, 0.1) is 31.1 Å². The summed E-state index contributed by atoms with van der Waals surface area (Å²) in [7, 11) is 4.87. The third-order valence-corrected chi connectivity index (χ3v) is 7.37. The van der Waals surface area contributed by atoms with Gasteiger partial charge >= 0.3 is 12.1 Å². The second-order valence-corrected chi connectivity index (χ2v) is 10.4. The van der Waals surface area contributed by atoms with Crippen LogP contribution < -0.4 is 25.0 Å². The maximum atomic E-state index is 15.0. The van der Waals surface area contributed by atoms with E-state index in [1.807, 2.05) is 7.05 Å². The summed E-state index contributed by atoms with van der Waals surface area (Å²) < 4.78 is 46.1. The molecule has 16 heteroatoms. The van der Waals surface area contributed by atoms with Crippen LogP contribution in [0.15, 0.2) is 24.7 Å². The molecule has 2 aromatic rings. The number of likely N-dealkylation sites (tertiary alicyclic amines) is 1. The average Bonchev–Trinajstić information content (AvgIpc) is 2.95. The van der Waals surface area contributed by atoms with Crippen molar-refractivity contribution in [3.63, 3.8) is 0 Å². The van der Waals surface area contributed by atoms with E-state index in [-0.39, 0.29) is 36.6 Å². The molecule has 0 spiro atoms. The summed E-state index contributed by atoms with van der Waals surface area (Å²) in [4.78, 5) is 46.8. The van der Waals surface area contributed by atoms with Gasteiger partial charge in [-0.25, -0.2) is 33.3 Å².